The average Bonchev–Trinajstić information content (AvgIpc) is 3.47. The van der Waals surface area contributed by atoms with Crippen LogP contribution >= 0.6 is 0 Å². The topological polar surface area (TPSA) is 41.4 Å². The number of benzene rings is 1. The molecule has 5 rings (SSSR count). The van der Waals surface area contributed by atoms with E-state index in [1.54, 1.807) is 0 Å². The van der Waals surface area contributed by atoms with Gasteiger partial charge in [0.15, 0.2) is 0 Å². The number of hydrogen-bond acceptors (Lipinski definition) is 3. The molecular weight excluding hydrogens is 348 g/mol. The summed E-state index contributed by atoms with van der Waals surface area (Å²) in [6.45, 7) is 4.60. The second-order valence-electron chi connectivity index (χ2n) is 8.83. The second-order valence-corrected chi connectivity index (χ2v) is 8.83. The van der Waals surface area contributed by atoms with E-state index in [9.17, 15) is 4.79 Å². The summed E-state index contributed by atoms with van der Waals surface area (Å²) in [5.41, 5.74) is 2.23. The first-order valence-corrected chi connectivity index (χ1v) is 10.8. The van der Waals surface area contributed by atoms with Crippen molar-refractivity contribution in [3.8, 4) is 0 Å². The highest BCUT2D eigenvalue weighted by atomic mass is 16.2. The van der Waals surface area contributed by atoms with Gasteiger partial charge >= 0.3 is 0 Å². The Balaban J connectivity index is 1.16. The van der Waals surface area contributed by atoms with Crippen molar-refractivity contribution in [2.24, 2.45) is 11.8 Å². The molecule has 3 atom stereocenters. The largest absolute Gasteiger partial charge is 0.340 e. The molecule has 1 aliphatic heterocycles. The molecule has 1 aromatic heterocycles. The number of amides is 1. The average molecular weight is 379 g/mol. The lowest BCUT2D eigenvalue weighted by Gasteiger charge is -2.41. The molecule has 148 valence electrons. The Morgan fingerprint density at radius 2 is 1.86 bits per heavy atom. The smallest absolute Gasteiger partial charge is 0.228 e. The lowest BCUT2D eigenvalue weighted by molar-refractivity contribution is -0.132. The maximum Gasteiger partial charge on any atom is 0.228 e. The van der Waals surface area contributed by atoms with Crippen LogP contribution in [-0.2, 0) is 17.8 Å². The van der Waals surface area contributed by atoms with Crippen LogP contribution in [0.3, 0.4) is 0 Å². The van der Waals surface area contributed by atoms with Gasteiger partial charge in [-0.05, 0) is 36.7 Å². The van der Waals surface area contributed by atoms with E-state index in [1.807, 2.05) is 30.7 Å². The molecule has 5 nitrogen and oxygen atoms in total. The highest BCUT2D eigenvalue weighted by Gasteiger charge is 2.42. The Morgan fingerprint density at radius 3 is 2.57 bits per heavy atom. The standard InChI is InChI=1S/C23H30N4O/c28-23(14-21-15-24-17-27(21)16-18-4-2-1-3-5-18)26-10-8-25(9-11-26)22-13-19-6-7-20(22)12-19/h1-5,15,17,19-20,22H,6-14,16H2. The summed E-state index contributed by atoms with van der Waals surface area (Å²) in [6, 6.07) is 11.1. The van der Waals surface area contributed by atoms with Gasteiger partial charge in [0.25, 0.3) is 0 Å². The predicted octanol–water partition coefficient (Wildman–Crippen LogP) is 2.81. The van der Waals surface area contributed by atoms with Crippen molar-refractivity contribution in [3.05, 3.63) is 54.1 Å². The van der Waals surface area contributed by atoms with Gasteiger partial charge in [0.05, 0.1) is 12.7 Å². The molecule has 1 amide bonds. The first kappa shape index (κ1) is 17.9. The Hall–Kier alpha value is -2.14. The molecule has 2 aromatic rings. The zero-order valence-corrected chi connectivity index (χ0v) is 16.5. The Morgan fingerprint density at radius 1 is 1.04 bits per heavy atom. The first-order valence-electron chi connectivity index (χ1n) is 10.8. The molecular formula is C23H30N4O. The van der Waals surface area contributed by atoms with Crippen molar-refractivity contribution in [3.63, 3.8) is 0 Å². The minimum absolute atomic E-state index is 0.238. The number of carbonyl (C=O) groups is 1. The lowest BCUT2D eigenvalue weighted by Crippen LogP contribution is -2.53. The summed E-state index contributed by atoms with van der Waals surface area (Å²) < 4.78 is 2.10. The highest BCUT2D eigenvalue weighted by molar-refractivity contribution is 5.78. The van der Waals surface area contributed by atoms with Gasteiger partial charge < -0.3 is 9.47 Å². The quantitative estimate of drug-likeness (QED) is 0.803. The van der Waals surface area contributed by atoms with Crippen molar-refractivity contribution in [1.82, 2.24) is 19.4 Å². The van der Waals surface area contributed by atoms with E-state index in [-0.39, 0.29) is 5.91 Å². The van der Waals surface area contributed by atoms with Crippen LogP contribution in [0.5, 0.6) is 0 Å². The second kappa shape index (κ2) is 7.70. The molecule has 2 saturated carbocycles. The van der Waals surface area contributed by atoms with Gasteiger partial charge in [-0.3, -0.25) is 9.69 Å². The van der Waals surface area contributed by atoms with Gasteiger partial charge in [-0.1, -0.05) is 36.8 Å². The van der Waals surface area contributed by atoms with Crippen LogP contribution < -0.4 is 0 Å². The van der Waals surface area contributed by atoms with Crippen molar-refractivity contribution in [2.45, 2.75) is 44.7 Å². The predicted molar refractivity (Wildman–Crippen MR) is 109 cm³/mol. The van der Waals surface area contributed by atoms with Crippen LogP contribution in [0.25, 0.3) is 0 Å². The van der Waals surface area contributed by atoms with E-state index in [2.05, 4.69) is 31.5 Å². The summed E-state index contributed by atoms with van der Waals surface area (Å²) in [6.07, 6.45) is 9.86. The normalized spacial score (nSPS) is 27.4. The molecule has 0 radical (unpaired) electrons. The van der Waals surface area contributed by atoms with Crippen molar-refractivity contribution in [2.75, 3.05) is 26.2 Å². The number of imidazole rings is 1. The summed E-state index contributed by atoms with van der Waals surface area (Å²) in [5.74, 6) is 2.15. The number of aromatic nitrogens is 2. The van der Waals surface area contributed by atoms with Gasteiger partial charge in [-0.15, -0.1) is 0 Å². The van der Waals surface area contributed by atoms with Gasteiger partial charge in [0.1, 0.15) is 0 Å². The number of fused-ring (bicyclic) bond motifs is 2. The molecule has 1 aromatic carbocycles. The van der Waals surface area contributed by atoms with Crippen LogP contribution in [-0.4, -0.2) is 57.5 Å². The molecule has 3 unspecified atom stereocenters. The fraction of sp³-hybridized carbons (Fsp3) is 0.565. The lowest BCUT2D eigenvalue weighted by atomic mass is 9.93. The Labute approximate surface area is 167 Å². The van der Waals surface area contributed by atoms with Gasteiger partial charge in [-0.25, -0.2) is 4.98 Å². The zero-order valence-electron chi connectivity index (χ0n) is 16.5. The fourth-order valence-corrected chi connectivity index (χ4v) is 5.65. The van der Waals surface area contributed by atoms with E-state index in [1.165, 1.54) is 31.2 Å². The van der Waals surface area contributed by atoms with E-state index in [0.717, 1.165) is 56.3 Å². The maximum atomic E-state index is 12.9. The number of carbonyl (C=O) groups excluding carboxylic acids is 1. The zero-order chi connectivity index (χ0) is 18.9. The SMILES string of the molecule is O=C(Cc1cncn1Cc1ccccc1)N1CCN(C2CC3CCC2C3)CC1. The monoisotopic (exact) mass is 378 g/mol. The third-order valence-electron chi connectivity index (χ3n) is 7.16. The van der Waals surface area contributed by atoms with E-state index in [0.29, 0.717) is 6.42 Å². The third-order valence-corrected chi connectivity index (χ3v) is 7.16. The maximum absolute atomic E-state index is 12.9. The molecule has 2 heterocycles. The summed E-state index contributed by atoms with van der Waals surface area (Å²) in [4.78, 5) is 21.9. The van der Waals surface area contributed by atoms with E-state index < -0.39 is 0 Å². The Bertz CT molecular complexity index is 809. The molecule has 0 spiro atoms. The van der Waals surface area contributed by atoms with Crippen molar-refractivity contribution >= 4 is 5.91 Å². The van der Waals surface area contributed by atoms with Crippen LogP contribution in [0.15, 0.2) is 42.9 Å². The number of rotatable bonds is 5. The molecule has 2 bridgehead atoms. The van der Waals surface area contributed by atoms with Crippen LogP contribution in [0.1, 0.15) is 36.9 Å². The van der Waals surface area contributed by atoms with Crippen molar-refractivity contribution < 1.29 is 4.79 Å². The highest BCUT2D eigenvalue weighted by Crippen LogP contribution is 2.46. The Kier molecular flexibility index (Phi) is 4.93. The van der Waals surface area contributed by atoms with Crippen molar-refractivity contribution in [1.29, 1.82) is 0 Å². The molecule has 1 saturated heterocycles. The molecule has 28 heavy (non-hydrogen) atoms. The van der Waals surface area contributed by atoms with Gasteiger partial charge in [0.2, 0.25) is 5.91 Å². The van der Waals surface area contributed by atoms with Gasteiger partial charge in [0, 0.05) is 50.7 Å². The minimum Gasteiger partial charge on any atom is -0.340 e. The molecule has 0 N–H and O–H groups in total. The molecule has 3 fully saturated rings. The molecule has 3 aliphatic rings. The first-order chi connectivity index (χ1) is 13.8. The fourth-order valence-electron chi connectivity index (χ4n) is 5.65. The van der Waals surface area contributed by atoms with E-state index in [4.69, 9.17) is 0 Å². The van der Waals surface area contributed by atoms with E-state index >= 15 is 0 Å². The third kappa shape index (κ3) is 3.60. The van der Waals surface area contributed by atoms with Crippen LogP contribution in [0, 0.1) is 11.8 Å². The summed E-state index contributed by atoms with van der Waals surface area (Å²) in [7, 11) is 0. The molecule has 5 heteroatoms. The van der Waals surface area contributed by atoms with Gasteiger partial charge in [-0.2, -0.15) is 0 Å². The van der Waals surface area contributed by atoms with Crippen LogP contribution in [0.2, 0.25) is 0 Å². The number of hydrogen-bond donors (Lipinski definition) is 0. The molecule has 2 aliphatic carbocycles. The number of piperazine rings is 1. The van der Waals surface area contributed by atoms with Crippen LogP contribution in [0.4, 0.5) is 0 Å². The minimum atomic E-state index is 0.238. The number of nitrogens with zero attached hydrogens (tertiary/aromatic N) is 4. The summed E-state index contributed by atoms with van der Waals surface area (Å²) in [5, 5.41) is 0. The summed E-state index contributed by atoms with van der Waals surface area (Å²) >= 11 is 0.